The number of amides is 1. The minimum Gasteiger partial charge on any atom is -0.496 e. The second-order valence-electron chi connectivity index (χ2n) is 15.1. The quantitative estimate of drug-likeness (QED) is 0.0789. The Morgan fingerprint density at radius 2 is 1.72 bits per heavy atom. The van der Waals surface area contributed by atoms with E-state index in [1.165, 1.54) is 13.2 Å². The lowest BCUT2D eigenvalue weighted by Crippen LogP contribution is -2.40. The van der Waals surface area contributed by atoms with Crippen LogP contribution in [0.3, 0.4) is 0 Å². The van der Waals surface area contributed by atoms with Crippen LogP contribution in [-0.4, -0.2) is 82.8 Å². The van der Waals surface area contributed by atoms with Crippen LogP contribution >= 0.6 is 23.2 Å². The van der Waals surface area contributed by atoms with E-state index in [1.54, 1.807) is 19.4 Å². The standard InChI is InChI=1S/C44H48Cl2FN5O6/c1-57-40-20-28(37(45)17-29(40)24-51(15-16-53)31-12-9-26(10-13-31)44(55)56)25-52-39-8-4-6-33(35(39)23-49-52)34-7-3-5-32(43(34)46)27-18-38(47)36(41(19-27)58-2)22-48-21-30-11-14-42(54)50-30/h3-8,17-20,23,26,30-31,48,53H,9-16,21-22,24-25H2,1-2H3,(H,50,54)(H,55,56)/t26?,30-,31?/m0/s1. The molecule has 5 aromatic rings. The Balaban J connectivity index is 1.11. The van der Waals surface area contributed by atoms with Crippen LogP contribution in [0.25, 0.3) is 33.2 Å². The SMILES string of the molecule is COc1cc(Cn2ncc3c(-c4cccc(-c5cc(F)c(CNC[C@@H]6CCC(=O)N6)c(OC)c5)c4Cl)cccc32)c(Cl)cc1CN(CCO)C1CCC(C(=O)O)CC1. The van der Waals surface area contributed by atoms with Crippen LogP contribution in [0.5, 0.6) is 11.5 Å². The van der Waals surface area contributed by atoms with Crippen LogP contribution in [0, 0.1) is 11.7 Å². The predicted octanol–water partition coefficient (Wildman–Crippen LogP) is 7.69. The molecule has 1 aromatic heterocycles. The number of hydrogen-bond acceptors (Lipinski definition) is 8. The maximum Gasteiger partial charge on any atom is 0.306 e. The fourth-order valence-corrected chi connectivity index (χ4v) is 8.99. The summed E-state index contributed by atoms with van der Waals surface area (Å²) in [5, 5.41) is 32.1. The lowest BCUT2D eigenvalue weighted by atomic mass is 9.85. The van der Waals surface area contributed by atoms with Gasteiger partial charge in [-0.2, -0.15) is 5.10 Å². The third kappa shape index (κ3) is 8.96. The van der Waals surface area contributed by atoms with Gasteiger partial charge in [0.2, 0.25) is 5.91 Å². The van der Waals surface area contributed by atoms with Crippen LogP contribution in [0.2, 0.25) is 10.0 Å². The van der Waals surface area contributed by atoms with E-state index in [2.05, 4.69) is 15.5 Å². The van der Waals surface area contributed by atoms with Gasteiger partial charge in [0.05, 0.1) is 50.0 Å². The van der Waals surface area contributed by atoms with Crippen LogP contribution in [0.15, 0.2) is 66.9 Å². The van der Waals surface area contributed by atoms with E-state index in [-0.39, 0.29) is 37.1 Å². The molecule has 0 spiro atoms. The van der Waals surface area contributed by atoms with Crippen molar-refractivity contribution in [3.8, 4) is 33.8 Å². The van der Waals surface area contributed by atoms with Crippen molar-refractivity contribution in [2.24, 2.45) is 5.92 Å². The first-order valence-corrected chi connectivity index (χ1v) is 20.4. The minimum absolute atomic E-state index is 0.0139. The fourth-order valence-electron chi connectivity index (χ4n) is 8.41. The van der Waals surface area contributed by atoms with E-state index >= 15 is 4.39 Å². The number of methoxy groups -OCH3 is 2. The Labute approximate surface area is 347 Å². The Kier molecular flexibility index (Phi) is 13.2. The Hall–Kier alpha value is -4.72. The van der Waals surface area contributed by atoms with Crippen molar-refractivity contribution in [2.75, 3.05) is 33.9 Å². The van der Waals surface area contributed by atoms with Crippen molar-refractivity contribution >= 4 is 46.0 Å². The van der Waals surface area contributed by atoms with E-state index in [0.29, 0.717) is 83.7 Å². The molecule has 2 fully saturated rings. The monoisotopic (exact) mass is 831 g/mol. The molecule has 1 amide bonds. The molecule has 1 aliphatic heterocycles. The molecule has 0 radical (unpaired) electrons. The number of ether oxygens (including phenoxy) is 2. The number of fused-ring (bicyclic) bond motifs is 1. The lowest BCUT2D eigenvalue weighted by molar-refractivity contribution is -0.143. The van der Waals surface area contributed by atoms with Crippen LogP contribution in [0.4, 0.5) is 4.39 Å². The highest BCUT2D eigenvalue weighted by molar-refractivity contribution is 6.36. The number of nitrogens with zero attached hydrogens (tertiary/aromatic N) is 3. The molecule has 1 atom stereocenters. The summed E-state index contributed by atoms with van der Waals surface area (Å²) in [5.74, 6) is -0.391. The zero-order chi connectivity index (χ0) is 40.9. The summed E-state index contributed by atoms with van der Waals surface area (Å²) < 4.78 is 29.1. The third-order valence-corrected chi connectivity index (χ3v) is 12.3. The van der Waals surface area contributed by atoms with E-state index in [1.807, 2.05) is 53.2 Å². The molecule has 11 nitrogen and oxygen atoms in total. The number of aliphatic hydroxyl groups is 1. The Morgan fingerprint density at radius 3 is 2.43 bits per heavy atom. The van der Waals surface area contributed by atoms with Gasteiger partial charge >= 0.3 is 5.97 Å². The Morgan fingerprint density at radius 1 is 0.983 bits per heavy atom. The van der Waals surface area contributed by atoms with Gasteiger partial charge in [0.25, 0.3) is 0 Å². The van der Waals surface area contributed by atoms with Crippen molar-refractivity contribution in [3.05, 3.63) is 99.4 Å². The molecule has 2 aliphatic rings. The molecular formula is C44H48Cl2FN5O6. The number of carboxylic acid groups (broad SMARTS) is 1. The van der Waals surface area contributed by atoms with E-state index in [4.69, 9.17) is 37.8 Å². The highest BCUT2D eigenvalue weighted by Crippen LogP contribution is 2.41. The average Bonchev–Trinajstić information content (AvgIpc) is 3.84. The molecule has 1 aliphatic carbocycles. The van der Waals surface area contributed by atoms with Gasteiger partial charge in [-0.15, -0.1) is 0 Å². The molecule has 14 heteroatoms. The minimum atomic E-state index is -0.745. The molecule has 4 aromatic carbocycles. The van der Waals surface area contributed by atoms with Gasteiger partial charge in [0.15, 0.2) is 0 Å². The molecule has 58 heavy (non-hydrogen) atoms. The summed E-state index contributed by atoms with van der Waals surface area (Å²) in [4.78, 5) is 25.3. The smallest absolute Gasteiger partial charge is 0.306 e. The van der Waals surface area contributed by atoms with Crippen LogP contribution in [-0.2, 0) is 29.2 Å². The highest BCUT2D eigenvalue weighted by atomic mass is 35.5. The zero-order valence-electron chi connectivity index (χ0n) is 32.6. The molecule has 0 bridgehead atoms. The van der Waals surface area contributed by atoms with E-state index < -0.39 is 11.8 Å². The molecule has 1 saturated heterocycles. The molecule has 0 unspecified atom stereocenters. The molecule has 7 rings (SSSR count). The average molecular weight is 833 g/mol. The Bertz CT molecular complexity index is 2290. The number of carbonyl (C=O) groups excluding carboxylic acids is 1. The van der Waals surface area contributed by atoms with E-state index in [0.717, 1.165) is 52.4 Å². The summed E-state index contributed by atoms with van der Waals surface area (Å²) in [5.41, 5.74) is 5.81. The number of rotatable bonds is 16. The van der Waals surface area contributed by atoms with Crippen LogP contribution in [0.1, 0.15) is 55.2 Å². The third-order valence-electron chi connectivity index (χ3n) is 11.5. The van der Waals surface area contributed by atoms with Crippen LogP contribution < -0.4 is 20.1 Å². The molecule has 306 valence electrons. The first-order chi connectivity index (χ1) is 28.1. The maximum atomic E-state index is 15.7. The zero-order valence-corrected chi connectivity index (χ0v) is 34.1. The van der Waals surface area contributed by atoms with Crippen molar-refractivity contribution in [2.45, 2.75) is 70.2 Å². The van der Waals surface area contributed by atoms with Gasteiger partial charge < -0.3 is 30.3 Å². The number of aliphatic hydroxyl groups excluding tert-OH is 1. The number of carbonyl (C=O) groups is 2. The largest absolute Gasteiger partial charge is 0.496 e. The molecule has 4 N–H and O–H groups in total. The normalized spacial score (nSPS) is 18.2. The highest BCUT2D eigenvalue weighted by Gasteiger charge is 2.30. The maximum absolute atomic E-state index is 15.7. The second kappa shape index (κ2) is 18.5. The predicted molar refractivity (Wildman–Crippen MR) is 223 cm³/mol. The summed E-state index contributed by atoms with van der Waals surface area (Å²) in [6.07, 6.45) is 5.78. The number of hydrogen-bond donors (Lipinski definition) is 4. The number of halogens is 3. The number of aromatic nitrogens is 2. The van der Waals surface area contributed by atoms with Crippen molar-refractivity contribution in [1.29, 1.82) is 0 Å². The number of nitrogens with one attached hydrogen (secondary N) is 2. The topological polar surface area (TPSA) is 138 Å². The van der Waals surface area contributed by atoms with Crippen molar-refractivity contribution < 1.29 is 33.7 Å². The summed E-state index contributed by atoms with van der Waals surface area (Å²) in [7, 11) is 3.13. The molecule has 2 heterocycles. The summed E-state index contributed by atoms with van der Waals surface area (Å²) in [6, 6.07) is 18.9. The number of benzene rings is 4. The fraction of sp³-hybridized carbons (Fsp3) is 0.386. The molecule has 1 saturated carbocycles. The first kappa shape index (κ1) is 41.4. The summed E-state index contributed by atoms with van der Waals surface area (Å²) >= 11 is 14.1. The van der Waals surface area contributed by atoms with Gasteiger partial charge in [-0.3, -0.25) is 19.2 Å². The van der Waals surface area contributed by atoms with Gasteiger partial charge in [-0.05, 0) is 79.1 Å². The van der Waals surface area contributed by atoms with E-state index in [9.17, 15) is 19.8 Å². The van der Waals surface area contributed by atoms with Crippen molar-refractivity contribution in [3.63, 3.8) is 0 Å². The number of carboxylic acids is 1. The van der Waals surface area contributed by atoms with Gasteiger partial charge in [0.1, 0.15) is 17.3 Å². The second-order valence-corrected chi connectivity index (χ2v) is 15.9. The first-order valence-electron chi connectivity index (χ1n) is 19.6. The summed E-state index contributed by atoms with van der Waals surface area (Å²) in [6.45, 7) is 2.09. The lowest BCUT2D eigenvalue weighted by Gasteiger charge is -2.36. The van der Waals surface area contributed by atoms with Gasteiger partial charge in [0, 0.05) is 77.3 Å². The number of aliphatic carboxylic acids is 1. The van der Waals surface area contributed by atoms with Gasteiger partial charge in [-0.25, -0.2) is 4.39 Å². The van der Waals surface area contributed by atoms with Crippen molar-refractivity contribution in [1.82, 2.24) is 25.3 Å². The molecular weight excluding hydrogens is 784 g/mol. The van der Waals surface area contributed by atoms with Gasteiger partial charge in [-0.1, -0.05) is 53.5 Å².